The van der Waals surface area contributed by atoms with Gasteiger partial charge in [0, 0.05) is 34.2 Å². The molecule has 0 unspecified atom stereocenters. The van der Waals surface area contributed by atoms with E-state index in [0.717, 1.165) is 12.0 Å². The van der Waals surface area contributed by atoms with Crippen LogP contribution in [-0.4, -0.2) is 17.3 Å². The molecule has 2 aromatic rings. The fourth-order valence-electron chi connectivity index (χ4n) is 3.80. The Balaban J connectivity index is 2.01. The first-order valence-corrected chi connectivity index (χ1v) is 7.76. The van der Waals surface area contributed by atoms with E-state index in [9.17, 15) is 14.4 Å². The van der Waals surface area contributed by atoms with E-state index in [1.807, 2.05) is 6.07 Å². The number of carbonyl (C=O) groups is 3. The molecule has 3 heteroatoms. The lowest BCUT2D eigenvalue weighted by molar-refractivity contribution is 0.0900. The summed E-state index contributed by atoms with van der Waals surface area (Å²) in [7, 11) is 0. The topological polar surface area (TPSA) is 51.2 Å². The van der Waals surface area contributed by atoms with Crippen LogP contribution in [-0.2, 0) is 6.42 Å². The van der Waals surface area contributed by atoms with Crippen molar-refractivity contribution in [1.29, 1.82) is 0 Å². The molecule has 0 spiro atoms. The van der Waals surface area contributed by atoms with Crippen molar-refractivity contribution in [2.75, 3.05) is 0 Å². The Morgan fingerprint density at radius 1 is 0.739 bits per heavy atom. The van der Waals surface area contributed by atoms with Crippen LogP contribution in [0.2, 0.25) is 0 Å². The molecule has 2 aromatic carbocycles. The first-order valence-electron chi connectivity index (χ1n) is 7.76. The minimum absolute atomic E-state index is 0.0337. The minimum Gasteiger partial charge on any atom is -0.294 e. The summed E-state index contributed by atoms with van der Waals surface area (Å²) in [5.41, 5.74) is 2.73. The smallest absolute Gasteiger partial charge is 0.195 e. The zero-order chi connectivity index (χ0) is 16.4. The Kier molecular flexibility index (Phi) is 2.74. The quantitative estimate of drug-likeness (QED) is 0.637. The molecular formula is C20H16O3. The molecule has 4 rings (SSSR count). The monoisotopic (exact) mass is 304 g/mol. The molecule has 0 bridgehead atoms. The number of rotatable bonds is 0. The maximum Gasteiger partial charge on any atom is 0.195 e. The van der Waals surface area contributed by atoms with Gasteiger partial charge in [0.15, 0.2) is 17.3 Å². The highest BCUT2D eigenvalue weighted by atomic mass is 16.1. The highest BCUT2D eigenvalue weighted by Gasteiger charge is 2.38. The zero-order valence-electron chi connectivity index (χ0n) is 13.1. The molecule has 0 amide bonds. The summed E-state index contributed by atoms with van der Waals surface area (Å²) in [6.07, 6.45) is 1.14. The van der Waals surface area contributed by atoms with E-state index in [-0.39, 0.29) is 22.8 Å². The van der Waals surface area contributed by atoms with Crippen LogP contribution in [0, 0.1) is 5.41 Å². The molecule has 2 aliphatic rings. The average molecular weight is 304 g/mol. The SMILES string of the molecule is CC1(C)CC(=O)c2c(ccc3c2C(=O)c2ccccc2C3=O)C1. The van der Waals surface area contributed by atoms with E-state index >= 15 is 0 Å². The Bertz CT molecular complexity index is 903. The summed E-state index contributed by atoms with van der Waals surface area (Å²) in [4.78, 5) is 38.3. The highest BCUT2D eigenvalue weighted by Crippen LogP contribution is 2.39. The van der Waals surface area contributed by atoms with Crippen molar-refractivity contribution < 1.29 is 14.4 Å². The highest BCUT2D eigenvalue weighted by molar-refractivity contribution is 6.31. The van der Waals surface area contributed by atoms with E-state index < -0.39 is 0 Å². The third kappa shape index (κ3) is 1.93. The van der Waals surface area contributed by atoms with E-state index in [4.69, 9.17) is 0 Å². The Morgan fingerprint density at radius 2 is 1.39 bits per heavy atom. The van der Waals surface area contributed by atoms with Gasteiger partial charge in [-0.25, -0.2) is 0 Å². The zero-order valence-corrected chi connectivity index (χ0v) is 13.1. The van der Waals surface area contributed by atoms with Gasteiger partial charge in [0.05, 0.1) is 0 Å². The van der Waals surface area contributed by atoms with E-state index in [2.05, 4.69) is 13.8 Å². The summed E-state index contributed by atoms with van der Waals surface area (Å²) >= 11 is 0. The lowest BCUT2D eigenvalue weighted by atomic mass is 9.70. The van der Waals surface area contributed by atoms with Gasteiger partial charge in [-0.1, -0.05) is 44.2 Å². The molecule has 0 N–H and O–H groups in total. The summed E-state index contributed by atoms with van der Waals surface area (Å²) < 4.78 is 0. The van der Waals surface area contributed by atoms with E-state index in [1.165, 1.54) is 0 Å². The standard InChI is InChI=1S/C20H16O3/c1-20(2)9-11-7-8-14-17(16(11)15(21)10-20)19(23)13-6-4-3-5-12(13)18(14)22/h3-8H,9-10H2,1-2H3. The molecule has 0 aromatic heterocycles. The van der Waals surface area contributed by atoms with Gasteiger partial charge in [-0.2, -0.15) is 0 Å². The Labute approximate surface area is 134 Å². The van der Waals surface area contributed by atoms with Crippen molar-refractivity contribution in [3.63, 3.8) is 0 Å². The van der Waals surface area contributed by atoms with Gasteiger partial charge in [0.2, 0.25) is 0 Å². The lowest BCUT2D eigenvalue weighted by Crippen LogP contribution is -2.31. The number of fused-ring (bicyclic) bond motifs is 4. The first kappa shape index (κ1) is 14.1. The van der Waals surface area contributed by atoms with Crippen LogP contribution in [0.3, 0.4) is 0 Å². The molecule has 0 atom stereocenters. The molecule has 0 aliphatic heterocycles. The van der Waals surface area contributed by atoms with Gasteiger partial charge in [0.25, 0.3) is 0 Å². The van der Waals surface area contributed by atoms with E-state index in [1.54, 1.807) is 30.3 Å². The van der Waals surface area contributed by atoms with Gasteiger partial charge >= 0.3 is 0 Å². The van der Waals surface area contributed by atoms with Gasteiger partial charge in [-0.15, -0.1) is 0 Å². The minimum atomic E-state index is -0.208. The fraction of sp³-hybridized carbons (Fsp3) is 0.250. The van der Waals surface area contributed by atoms with Crippen LogP contribution in [0.4, 0.5) is 0 Å². The molecular weight excluding hydrogens is 288 g/mol. The van der Waals surface area contributed by atoms with Crippen LogP contribution in [0.1, 0.15) is 68.0 Å². The molecule has 114 valence electrons. The number of benzene rings is 2. The maximum atomic E-state index is 12.9. The van der Waals surface area contributed by atoms with Crippen molar-refractivity contribution in [3.05, 3.63) is 69.8 Å². The second kappa shape index (κ2) is 4.48. The number of Topliss-reactive ketones (excluding diaryl/α,β-unsaturated/α-hetero) is 1. The van der Waals surface area contributed by atoms with Gasteiger partial charge in [-0.3, -0.25) is 14.4 Å². The third-order valence-electron chi connectivity index (χ3n) is 4.77. The summed E-state index contributed by atoms with van der Waals surface area (Å²) in [5, 5.41) is 0. The Morgan fingerprint density at radius 3 is 2.09 bits per heavy atom. The number of carbonyl (C=O) groups excluding carboxylic acids is 3. The number of hydrogen-bond acceptors (Lipinski definition) is 3. The van der Waals surface area contributed by atoms with Gasteiger partial charge in [0.1, 0.15) is 0 Å². The van der Waals surface area contributed by atoms with Crippen LogP contribution in [0.15, 0.2) is 36.4 Å². The van der Waals surface area contributed by atoms with Crippen molar-refractivity contribution >= 4 is 17.3 Å². The molecule has 23 heavy (non-hydrogen) atoms. The predicted octanol–water partition coefficient (Wildman–Crippen LogP) is 3.62. The van der Waals surface area contributed by atoms with Crippen molar-refractivity contribution in [2.24, 2.45) is 5.41 Å². The first-order chi connectivity index (χ1) is 10.9. The van der Waals surface area contributed by atoms with Crippen molar-refractivity contribution in [1.82, 2.24) is 0 Å². The lowest BCUT2D eigenvalue weighted by Gasteiger charge is -2.32. The molecule has 0 saturated carbocycles. The van der Waals surface area contributed by atoms with Crippen LogP contribution >= 0.6 is 0 Å². The summed E-state index contributed by atoms with van der Waals surface area (Å²) in [5.74, 6) is -0.413. The van der Waals surface area contributed by atoms with Crippen LogP contribution < -0.4 is 0 Å². The molecule has 0 saturated heterocycles. The maximum absolute atomic E-state index is 12.9. The van der Waals surface area contributed by atoms with Crippen LogP contribution in [0.5, 0.6) is 0 Å². The van der Waals surface area contributed by atoms with Gasteiger partial charge < -0.3 is 0 Å². The average Bonchev–Trinajstić information content (AvgIpc) is 2.50. The molecule has 3 nitrogen and oxygen atoms in total. The van der Waals surface area contributed by atoms with Crippen molar-refractivity contribution in [2.45, 2.75) is 26.7 Å². The largest absolute Gasteiger partial charge is 0.294 e. The normalized spacial score (nSPS) is 18.3. The molecule has 0 fully saturated rings. The second-order valence-electron chi connectivity index (χ2n) is 7.17. The Hall–Kier alpha value is -2.55. The van der Waals surface area contributed by atoms with Crippen molar-refractivity contribution in [3.8, 4) is 0 Å². The summed E-state index contributed by atoms with van der Waals surface area (Å²) in [6, 6.07) is 10.4. The number of hydrogen-bond donors (Lipinski definition) is 0. The second-order valence-corrected chi connectivity index (χ2v) is 7.17. The molecule has 0 radical (unpaired) electrons. The summed E-state index contributed by atoms with van der Waals surface area (Å²) in [6.45, 7) is 4.10. The number of ketones is 3. The fourth-order valence-corrected chi connectivity index (χ4v) is 3.80. The van der Waals surface area contributed by atoms with Gasteiger partial charge in [-0.05, 0) is 23.5 Å². The molecule has 0 heterocycles. The van der Waals surface area contributed by atoms with Crippen LogP contribution in [0.25, 0.3) is 0 Å². The third-order valence-corrected chi connectivity index (χ3v) is 4.77. The van der Waals surface area contributed by atoms with E-state index in [0.29, 0.717) is 34.2 Å². The predicted molar refractivity (Wildman–Crippen MR) is 86.2 cm³/mol. The molecule has 2 aliphatic carbocycles.